The zero-order valence-electron chi connectivity index (χ0n) is 9.15. The van der Waals surface area contributed by atoms with Crippen LogP contribution >= 0.6 is 27.3 Å². The number of thiophene rings is 1. The Balaban J connectivity index is 1.82. The Morgan fingerprint density at radius 1 is 1.47 bits per heavy atom. The van der Waals surface area contributed by atoms with E-state index in [4.69, 9.17) is 4.52 Å². The molecule has 1 aliphatic rings. The summed E-state index contributed by atoms with van der Waals surface area (Å²) in [5, 5.41) is 9.46. The van der Waals surface area contributed by atoms with E-state index in [1.54, 1.807) is 11.3 Å². The fourth-order valence-electron chi connectivity index (χ4n) is 1.97. The van der Waals surface area contributed by atoms with Crippen molar-refractivity contribution in [3.05, 3.63) is 21.8 Å². The van der Waals surface area contributed by atoms with Gasteiger partial charge in [0.1, 0.15) is 0 Å². The molecule has 0 radical (unpaired) electrons. The number of nitrogens with one attached hydrogen (secondary N) is 1. The molecule has 0 bridgehead atoms. The second kappa shape index (κ2) is 4.88. The van der Waals surface area contributed by atoms with Gasteiger partial charge in [-0.2, -0.15) is 4.98 Å². The number of hydrogen-bond donors (Lipinski definition) is 1. The summed E-state index contributed by atoms with van der Waals surface area (Å²) in [6.07, 6.45) is 3.53. The van der Waals surface area contributed by atoms with Gasteiger partial charge in [0.2, 0.25) is 11.7 Å². The molecule has 6 heteroatoms. The van der Waals surface area contributed by atoms with E-state index in [0.29, 0.717) is 11.7 Å². The fraction of sp³-hybridized carbons (Fsp3) is 0.455. The molecule has 1 N–H and O–H groups in total. The molecule has 3 rings (SSSR count). The minimum Gasteiger partial charge on any atom is -0.337 e. The van der Waals surface area contributed by atoms with Crippen LogP contribution < -0.4 is 5.32 Å². The molecule has 1 aliphatic heterocycles. The topological polar surface area (TPSA) is 51.0 Å². The molecule has 0 aromatic carbocycles. The average molecular weight is 314 g/mol. The van der Waals surface area contributed by atoms with E-state index in [1.807, 2.05) is 11.4 Å². The first kappa shape index (κ1) is 11.4. The number of halogens is 1. The number of nitrogens with zero attached hydrogens (tertiary/aromatic N) is 2. The third-order valence-electron chi connectivity index (χ3n) is 2.84. The van der Waals surface area contributed by atoms with Crippen molar-refractivity contribution in [1.82, 2.24) is 15.5 Å². The summed E-state index contributed by atoms with van der Waals surface area (Å²) in [5.41, 5.74) is 0. The Labute approximate surface area is 112 Å². The van der Waals surface area contributed by atoms with E-state index in [-0.39, 0.29) is 6.04 Å². The van der Waals surface area contributed by atoms with Crippen LogP contribution in [0, 0.1) is 0 Å². The van der Waals surface area contributed by atoms with Crippen LogP contribution in [-0.2, 0) is 0 Å². The molecule has 90 valence electrons. The summed E-state index contributed by atoms with van der Waals surface area (Å²) in [6, 6.07) is 2.24. The van der Waals surface area contributed by atoms with Crippen molar-refractivity contribution in [3.63, 3.8) is 0 Å². The Hall–Kier alpha value is -0.720. The summed E-state index contributed by atoms with van der Waals surface area (Å²) in [7, 11) is 0. The quantitative estimate of drug-likeness (QED) is 0.923. The van der Waals surface area contributed by atoms with Gasteiger partial charge < -0.3 is 9.84 Å². The Morgan fingerprint density at radius 3 is 3.12 bits per heavy atom. The highest BCUT2D eigenvalue weighted by Crippen LogP contribution is 2.29. The smallest absolute Gasteiger partial charge is 0.244 e. The maximum absolute atomic E-state index is 5.34. The largest absolute Gasteiger partial charge is 0.337 e. The lowest BCUT2D eigenvalue weighted by Crippen LogP contribution is -2.26. The molecule has 17 heavy (non-hydrogen) atoms. The fourth-order valence-corrected chi connectivity index (χ4v) is 3.32. The summed E-state index contributed by atoms with van der Waals surface area (Å²) < 4.78 is 6.39. The van der Waals surface area contributed by atoms with Gasteiger partial charge in [-0.05, 0) is 41.4 Å². The maximum atomic E-state index is 5.34. The van der Waals surface area contributed by atoms with Gasteiger partial charge >= 0.3 is 0 Å². The lowest BCUT2D eigenvalue weighted by atomic mass is 10.1. The van der Waals surface area contributed by atoms with Crippen LogP contribution in [0.2, 0.25) is 0 Å². The van der Waals surface area contributed by atoms with Gasteiger partial charge in [-0.25, -0.2) is 0 Å². The van der Waals surface area contributed by atoms with Gasteiger partial charge in [0, 0.05) is 9.85 Å². The van der Waals surface area contributed by atoms with Gasteiger partial charge in [0.05, 0.1) is 10.9 Å². The van der Waals surface area contributed by atoms with Gasteiger partial charge in [-0.1, -0.05) is 11.6 Å². The number of aromatic nitrogens is 2. The Morgan fingerprint density at radius 2 is 2.41 bits per heavy atom. The molecule has 0 saturated carbocycles. The molecule has 4 nitrogen and oxygen atoms in total. The van der Waals surface area contributed by atoms with E-state index in [0.717, 1.165) is 22.3 Å². The molecule has 1 fully saturated rings. The molecule has 0 unspecified atom stereocenters. The van der Waals surface area contributed by atoms with Crippen LogP contribution in [0.3, 0.4) is 0 Å². The summed E-state index contributed by atoms with van der Waals surface area (Å²) in [6.45, 7) is 1.03. The van der Waals surface area contributed by atoms with Crippen molar-refractivity contribution in [3.8, 4) is 10.7 Å². The Bertz CT molecular complexity index is 504. The van der Waals surface area contributed by atoms with Crippen LogP contribution in [0.15, 0.2) is 20.4 Å². The van der Waals surface area contributed by atoms with E-state index < -0.39 is 0 Å². The van der Waals surface area contributed by atoms with E-state index in [1.165, 1.54) is 12.8 Å². The number of rotatable bonds is 2. The molecule has 1 saturated heterocycles. The number of piperidine rings is 1. The zero-order chi connectivity index (χ0) is 11.7. The predicted octanol–water partition coefficient (Wildman–Crippen LogP) is 3.38. The maximum Gasteiger partial charge on any atom is 0.244 e. The standard InChI is InChI=1S/C11H12BrN3OS/c12-7-5-9(17-6-7)10-14-11(16-15-10)8-3-1-2-4-13-8/h5-6,8,13H,1-4H2/t8-/m0/s1. The minimum atomic E-state index is 0.230. The second-order valence-electron chi connectivity index (χ2n) is 4.09. The predicted molar refractivity (Wildman–Crippen MR) is 69.9 cm³/mol. The van der Waals surface area contributed by atoms with Gasteiger partial charge in [0.15, 0.2) is 0 Å². The van der Waals surface area contributed by atoms with Crippen molar-refractivity contribution < 1.29 is 4.52 Å². The average Bonchev–Trinajstić information content (AvgIpc) is 2.98. The molecule has 0 aliphatic carbocycles. The van der Waals surface area contributed by atoms with Crippen LogP contribution in [0.1, 0.15) is 31.2 Å². The third kappa shape index (κ3) is 2.43. The molecule has 2 aromatic rings. The molecular formula is C11H12BrN3OS. The molecule has 3 heterocycles. The first-order chi connectivity index (χ1) is 8.33. The summed E-state index contributed by atoms with van der Waals surface area (Å²) in [4.78, 5) is 5.50. The highest BCUT2D eigenvalue weighted by Gasteiger charge is 2.21. The van der Waals surface area contributed by atoms with Gasteiger partial charge in [0.25, 0.3) is 0 Å². The monoisotopic (exact) mass is 313 g/mol. The molecule has 2 aromatic heterocycles. The van der Waals surface area contributed by atoms with Crippen molar-refractivity contribution in [1.29, 1.82) is 0 Å². The van der Waals surface area contributed by atoms with Crippen LogP contribution in [0.4, 0.5) is 0 Å². The first-order valence-electron chi connectivity index (χ1n) is 5.64. The highest BCUT2D eigenvalue weighted by molar-refractivity contribution is 9.10. The number of hydrogen-bond acceptors (Lipinski definition) is 5. The lowest BCUT2D eigenvalue weighted by Gasteiger charge is -2.19. The molecule has 0 amide bonds. The van der Waals surface area contributed by atoms with Crippen LogP contribution in [-0.4, -0.2) is 16.7 Å². The summed E-state index contributed by atoms with van der Waals surface area (Å²) >= 11 is 5.04. The van der Waals surface area contributed by atoms with Crippen LogP contribution in [0.25, 0.3) is 10.7 Å². The third-order valence-corrected chi connectivity index (χ3v) is 4.53. The van der Waals surface area contributed by atoms with Gasteiger partial charge in [-0.15, -0.1) is 11.3 Å². The van der Waals surface area contributed by atoms with E-state index in [9.17, 15) is 0 Å². The van der Waals surface area contributed by atoms with Crippen molar-refractivity contribution in [2.75, 3.05) is 6.54 Å². The molecular weight excluding hydrogens is 302 g/mol. The molecule has 0 spiro atoms. The Kier molecular flexibility index (Phi) is 3.26. The molecule has 1 atom stereocenters. The van der Waals surface area contributed by atoms with E-state index in [2.05, 4.69) is 31.4 Å². The normalized spacial score (nSPS) is 20.6. The highest BCUT2D eigenvalue weighted by atomic mass is 79.9. The van der Waals surface area contributed by atoms with Crippen LogP contribution in [0.5, 0.6) is 0 Å². The van der Waals surface area contributed by atoms with Crippen molar-refractivity contribution in [2.45, 2.75) is 25.3 Å². The minimum absolute atomic E-state index is 0.230. The van der Waals surface area contributed by atoms with Crippen molar-refractivity contribution >= 4 is 27.3 Å². The second-order valence-corrected chi connectivity index (χ2v) is 5.91. The zero-order valence-corrected chi connectivity index (χ0v) is 11.6. The first-order valence-corrected chi connectivity index (χ1v) is 7.31. The lowest BCUT2D eigenvalue weighted by molar-refractivity contribution is 0.297. The summed E-state index contributed by atoms with van der Waals surface area (Å²) in [5.74, 6) is 1.40. The SMILES string of the molecule is Brc1csc(-c2noc([C@@H]3CCCCN3)n2)c1. The van der Waals surface area contributed by atoms with Crippen molar-refractivity contribution in [2.24, 2.45) is 0 Å². The van der Waals surface area contributed by atoms with Gasteiger partial charge in [-0.3, -0.25) is 0 Å². The van der Waals surface area contributed by atoms with E-state index >= 15 is 0 Å².